The van der Waals surface area contributed by atoms with Crippen LogP contribution in [0, 0.1) is 6.92 Å². The molecule has 0 amide bonds. The molecule has 0 N–H and O–H groups in total. The number of ketones is 1. The van der Waals surface area contributed by atoms with E-state index in [9.17, 15) is 4.79 Å². The normalized spacial score (nSPS) is 10.2. The second-order valence-corrected chi connectivity index (χ2v) is 4.27. The molecular weight excluding hydrogens is 234 g/mol. The Morgan fingerprint density at radius 3 is 2.71 bits per heavy atom. The summed E-state index contributed by atoms with van der Waals surface area (Å²) in [6.07, 6.45) is 1.92. The molecule has 0 aliphatic rings. The molecule has 0 fully saturated rings. The molecule has 0 saturated carbocycles. The van der Waals surface area contributed by atoms with Gasteiger partial charge in [-0.2, -0.15) is 0 Å². The molecule has 0 bridgehead atoms. The van der Waals surface area contributed by atoms with E-state index >= 15 is 0 Å². The number of halogens is 1. The molecule has 0 aliphatic heterocycles. The molecule has 2 nitrogen and oxygen atoms in total. The van der Waals surface area contributed by atoms with Crippen LogP contribution in [0.4, 0.5) is 0 Å². The summed E-state index contributed by atoms with van der Waals surface area (Å²) in [4.78, 5) is 16.1. The zero-order valence-electron chi connectivity index (χ0n) is 9.48. The predicted octanol–water partition coefficient (Wildman–Crippen LogP) is 3.47. The number of aromatic nitrogens is 1. The van der Waals surface area contributed by atoms with Crippen molar-refractivity contribution < 1.29 is 4.79 Å². The van der Waals surface area contributed by atoms with Crippen molar-refractivity contribution in [2.45, 2.75) is 13.3 Å². The highest BCUT2D eigenvalue weighted by atomic mass is 35.5. The third-order valence-corrected chi connectivity index (χ3v) is 2.94. The predicted molar refractivity (Wildman–Crippen MR) is 68.5 cm³/mol. The summed E-state index contributed by atoms with van der Waals surface area (Å²) < 4.78 is 0. The largest absolute Gasteiger partial charge is 0.292 e. The van der Waals surface area contributed by atoms with Crippen molar-refractivity contribution in [2.24, 2.45) is 0 Å². The number of nitrogens with zero attached hydrogens (tertiary/aromatic N) is 1. The molecule has 2 rings (SSSR count). The van der Waals surface area contributed by atoms with Gasteiger partial charge in [0.25, 0.3) is 0 Å². The monoisotopic (exact) mass is 245 g/mol. The Bertz CT molecular complexity index is 551. The Balaban J connectivity index is 2.24. The van der Waals surface area contributed by atoms with E-state index in [1.807, 2.05) is 31.2 Å². The minimum Gasteiger partial charge on any atom is -0.292 e. The maximum atomic E-state index is 12.0. The third-order valence-electron chi connectivity index (χ3n) is 2.63. The number of pyridine rings is 1. The van der Waals surface area contributed by atoms with Gasteiger partial charge in [0.2, 0.25) is 0 Å². The maximum absolute atomic E-state index is 12.0. The topological polar surface area (TPSA) is 30.0 Å². The highest BCUT2D eigenvalue weighted by molar-refractivity contribution is 6.33. The second kappa shape index (κ2) is 5.11. The van der Waals surface area contributed by atoms with E-state index in [0.717, 1.165) is 11.1 Å². The van der Waals surface area contributed by atoms with Gasteiger partial charge in [0, 0.05) is 12.6 Å². The molecule has 1 aromatic heterocycles. The van der Waals surface area contributed by atoms with Crippen LogP contribution in [0.5, 0.6) is 0 Å². The number of benzene rings is 1. The molecular formula is C14H12ClNO. The minimum absolute atomic E-state index is 0.0510. The van der Waals surface area contributed by atoms with E-state index in [1.165, 1.54) is 0 Å². The Labute approximate surface area is 105 Å². The van der Waals surface area contributed by atoms with Gasteiger partial charge < -0.3 is 0 Å². The highest BCUT2D eigenvalue weighted by Crippen LogP contribution is 2.16. The molecule has 0 aliphatic carbocycles. The summed E-state index contributed by atoms with van der Waals surface area (Å²) in [6.45, 7) is 1.99. The average Bonchev–Trinajstić information content (AvgIpc) is 2.32. The van der Waals surface area contributed by atoms with Crippen LogP contribution in [0.15, 0.2) is 42.6 Å². The number of aryl methyl sites for hydroxylation is 1. The summed E-state index contributed by atoms with van der Waals surface area (Å²) >= 11 is 5.94. The molecule has 0 radical (unpaired) electrons. The fourth-order valence-corrected chi connectivity index (χ4v) is 1.88. The van der Waals surface area contributed by atoms with Gasteiger partial charge in [-0.3, -0.25) is 9.78 Å². The first-order valence-corrected chi connectivity index (χ1v) is 5.74. The van der Waals surface area contributed by atoms with Crippen LogP contribution in [0.3, 0.4) is 0 Å². The highest BCUT2D eigenvalue weighted by Gasteiger charge is 2.12. The van der Waals surface area contributed by atoms with Crippen LogP contribution >= 0.6 is 11.6 Å². The van der Waals surface area contributed by atoms with Gasteiger partial charge >= 0.3 is 0 Å². The Kier molecular flexibility index (Phi) is 3.55. The number of hydrogen-bond acceptors (Lipinski definition) is 2. The number of carbonyl (C=O) groups is 1. The van der Waals surface area contributed by atoms with E-state index in [4.69, 9.17) is 11.6 Å². The van der Waals surface area contributed by atoms with E-state index < -0.39 is 0 Å². The zero-order valence-corrected chi connectivity index (χ0v) is 10.2. The molecule has 0 saturated heterocycles. The van der Waals surface area contributed by atoms with Gasteiger partial charge in [0.1, 0.15) is 5.69 Å². The van der Waals surface area contributed by atoms with Crippen LogP contribution in [0.25, 0.3) is 0 Å². The van der Waals surface area contributed by atoms with Crippen molar-refractivity contribution in [2.75, 3.05) is 0 Å². The molecule has 3 heteroatoms. The SMILES string of the molecule is Cc1ccccc1CC(=O)c1ncccc1Cl. The van der Waals surface area contributed by atoms with Crippen LogP contribution in [-0.4, -0.2) is 10.8 Å². The molecule has 0 spiro atoms. The number of carbonyl (C=O) groups excluding carboxylic acids is 1. The summed E-state index contributed by atoms with van der Waals surface area (Å²) in [6, 6.07) is 11.2. The Morgan fingerprint density at radius 1 is 1.24 bits per heavy atom. The van der Waals surface area contributed by atoms with Gasteiger partial charge in [-0.15, -0.1) is 0 Å². The lowest BCUT2D eigenvalue weighted by Gasteiger charge is -2.05. The lowest BCUT2D eigenvalue weighted by atomic mass is 10.0. The maximum Gasteiger partial charge on any atom is 0.187 e. The van der Waals surface area contributed by atoms with E-state index in [0.29, 0.717) is 17.1 Å². The smallest absolute Gasteiger partial charge is 0.187 e. The lowest BCUT2D eigenvalue weighted by molar-refractivity contribution is 0.0988. The van der Waals surface area contributed by atoms with Crippen LogP contribution in [-0.2, 0) is 6.42 Å². The minimum atomic E-state index is -0.0510. The van der Waals surface area contributed by atoms with Crippen LogP contribution in [0.2, 0.25) is 5.02 Å². The van der Waals surface area contributed by atoms with E-state index in [1.54, 1.807) is 18.3 Å². The van der Waals surface area contributed by atoms with Crippen LogP contribution in [0.1, 0.15) is 21.6 Å². The van der Waals surface area contributed by atoms with Crippen molar-refractivity contribution in [1.82, 2.24) is 4.98 Å². The first kappa shape index (κ1) is 11.8. The molecule has 17 heavy (non-hydrogen) atoms. The molecule has 1 aromatic carbocycles. The van der Waals surface area contributed by atoms with Crippen molar-refractivity contribution in [3.63, 3.8) is 0 Å². The fourth-order valence-electron chi connectivity index (χ4n) is 1.66. The van der Waals surface area contributed by atoms with Gasteiger partial charge in [-0.05, 0) is 30.2 Å². The molecule has 0 atom stereocenters. The van der Waals surface area contributed by atoms with Gasteiger partial charge in [-0.25, -0.2) is 0 Å². The van der Waals surface area contributed by atoms with E-state index in [-0.39, 0.29) is 5.78 Å². The number of Topliss-reactive ketones (excluding diaryl/α,β-unsaturated/α-hetero) is 1. The van der Waals surface area contributed by atoms with Crippen LogP contribution < -0.4 is 0 Å². The molecule has 2 aromatic rings. The molecule has 0 unspecified atom stereocenters. The first-order chi connectivity index (χ1) is 8.18. The fraction of sp³-hybridized carbons (Fsp3) is 0.143. The third kappa shape index (κ3) is 2.71. The zero-order chi connectivity index (χ0) is 12.3. The Hall–Kier alpha value is -1.67. The molecule has 1 heterocycles. The van der Waals surface area contributed by atoms with Gasteiger partial charge in [-0.1, -0.05) is 35.9 Å². The van der Waals surface area contributed by atoms with Crippen molar-refractivity contribution in [3.05, 3.63) is 64.4 Å². The quantitative estimate of drug-likeness (QED) is 0.775. The average molecular weight is 246 g/mol. The standard InChI is InChI=1S/C14H12ClNO/c1-10-5-2-3-6-11(10)9-13(17)14-12(15)7-4-8-16-14/h2-8H,9H2,1H3. The second-order valence-electron chi connectivity index (χ2n) is 3.86. The van der Waals surface area contributed by atoms with Gasteiger partial charge in [0.05, 0.1) is 5.02 Å². The van der Waals surface area contributed by atoms with Crippen molar-refractivity contribution >= 4 is 17.4 Å². The first-order valence-electron chi connectivity index (χ1n) is 5.36. The number of rotatable bonds is 3. The molecule has 86 valence electrons. The lowest BCUT2D eigenvalue weighted by Crippen LogP contribution is -2.07. The van der Waals surface area contributed by atoms with Crippen molar-refractivity contribution in [3.8, 4) is 0 Å². The Morgan fingerprint density at radius 2 is 2.00 bits per heavy atom. The summed E-state index contributed by atoms with van der Waals surface area (Å²) in [5, 5.41) is 0.408. The summed E-state index contributed by atoms with van der Waals surface area (Å²) in [5.74, 6) is -0.0510. The van der Waals surface area contributed by atoms with Gasteiger partial charge in [0.15, 0.2) is 5.78 Å². The number of hydrogen-bond donors (Lipinski definition) is 0. The summed E-state index contributed by atoms with van der Waals surface area (Å²) in [5.41, 5.74) is 2.46. The van der Waals surface area contributed by atoms with E-state index in [2.05, 4.69) is 4.98 Å². The summed E-state index contributed by atoms with van der Waals surface area (Å²) in [7, 11) is 0. The van der Waals surface area contributed by atoms with Crippen molar-refractivity contribution in [1.29, 1.82) is 0 Å².